The summed E-state index contributed by atoms with van der Waals surface area (Å²) < 4.78 is 7.98. The molecule has 0 radical (unpaired) electrons. The van der Waals surface area contributed by atoms with Gasteiger partial charge >= 0.3 is 0 Å². The van der Waals surface area contributed by atoms with Gasteiger partial charge in [-0.05, 0) is 31.4 Å². The van der Waals surface area contributed by atoms with Crippen LogP contribution in [0.1, 0.15) is 25.1 Å². The smallest absolute Gasteiger partial charge is 0.111 e. The molecular formula is C15H22N4O. The number of benzene rings is 1. The number of hydrazine groups is 1. The van der Waals surface area contributed by atoms with Crippen LogP contribution >= 0.6 is 0 Å². The molecule has 3 rings (SSSR count). The predicted molar refractivity (Wildman–Crippen MR) is 79.1 cm³/mol. The van der Waals surface area contributed by atoms with Gasteiger partial charge in [-0.2, -0.15) is 0 Å². The molecule has 5 heteroatoms. The van der Waals surface area contributed by atoms with Crippen LogP contribution in [0.15, 0.2) is 24.3 Å². The van der Waals surface area contributed by atoms with Crippen molar-refractivity contribution in [2.45, 2.75) is 37.8 Å². The van der Waals surface area contributed by atoms with Crippen LogP contribution in [0.3, 0.4) is 0 Å². The van der Waals surface area contributed by atoms with Crippen molar-refractivity contribution in [3.63, 3.8) is 0 Å². The first-order valence-electron chi connectivity index (χ1n) is 7.27. The van der Waals surface area contributed by atoms with Crippen molar-refractivity contribution in [1.82, 2.24) is 15.0 Å². The van der Waals surface area contributed by atoms with Crippen LogP contribution in [0.5, 0.6) is 0 Å². The van der Waals surface area contributed by atoms with Gasteiger partial charge in [0.05, 0.1) is 23.2 Å². The molecule has 2 heterocycles. The Balaban J connectivity index is 1.81. The molecule has 0 aliphatic carbocycles. The van der Waals surface area contributed by atoms with Gasteiger partial charge in [-0.3, -0.25) is 11.3 Å². The van der Waals surface area contributed by atoms with Crippen LogP contribution in [-0.2, 0) is 18.2 Å². The van der Waals surface area contributed by atoms with Gasteiger partial charge in [0.1, 0.15) is 5.82 Å². The molecule has 2 aromatic rings. The maximum atomic E-state index is 5.84. The Bertz CT molecular complexity index is 574. The van der Waals surface area contributed by atoms with Gasteiger partial charge in [-0.25, -0.2) is 4.98 Å². The number of hydrogen-bond donors (Lipinski definition) is 2. The molecule has 1 aliphatic rings. The average molecular weight is 274 g/mol. The van der Waals surface area contributed by atoms with Crippen molar-refractivity contribution in [1.29, 1.82) is 0 Å². The summed E-state index contributed by atoms with van der Waals surface area (Å²) in [7, 11) is 2.06. The number of rotatable bonds is 4. The van der Waals surface area contributed by atoms with E-state index >= 15 is 0 Å². The van der Waals surface area contributed by atoms with Crippen LogP contribution < -0.4 is 11.3 Å². The third-order valence-electron chi connectivity index (χ3n) is 4.16. The van der Waals surface area contributed by atoms with E-state index in [1.807, 2.05) is 18.2 Å². The molecule has 108 valence electrons. The van der Waals surface area contributed by atoms with Gasteiger partial charge < -0.3 is 9.30 Å². The lowest BCUT2D eigenvalue weighted by molar-refractivity contribution is -0.00792. The fourth-order valence-corrected chi connectivity index (χ4v) is 2.96. The summed E-state index contributed by atoms with van der Waals surface area (Å²) in [6, 6.07) is 8.30. The first-order valence-corrected chi connectivity index (χ1v) is 7.27. The minimum absolute atomic E-state index is 0.116. The minimum Gasteiger partial charge on any atom is -0.377 e. The Morgan fingerprint density at radius 1 is 1.45 bits per heavy atom. The number of aromatic nitrogens is 2. The normalized spacial score (nSPS) is 21.2. The molecular weight excluding hydrogens is 252 g/mol. The Kier molecular flexibility index (Phi) is 4.00. The van der Waals surface area contributed by atoms with E-state index in [0.29, 0.717) is 0 Å². The van der Waals surface area contributed by atoms with E-state index in [0.717, 1.165) is 42.7 Å². The largest absolute Gasteiger partial charge is 0.377 e. The maximum Gasteiger partial charge on any atom is 0.111 e. The second-order valence-electron chi connectivity index (χ2n) is 5.46. The van der Waals surface area contributed by atoms with Gasteiger partial charge in [0, 0.05) is 20.1 Å². The van der Waals surface area contributed by atoms with Gasteiger partial charge in [0.15, 0.2) is 0 Å². The SMILES string of the molecule is Cn1c(CC(NN)C2CCCCO2)nc2ccccc21. The number of ether oxygens (including phenoxy) is 1. The molecule has 0 amide bonds. The van der Waals surface area contributed by atoms with Gasteiger partial charge in [0.2, 0.25) is 0 Å². The summed E-state index contributed by atoms with van der Waals surface area (Å²) in [6.45, 7) is 0.839. The molecule has 0 bridgehead atoms. The number of fused-ring (bicyclic) bond motifs is 1. The summed E-state index contributed by atoms with van der Waals surface area (Å²) >= 11 is 0. The lowest BCUT2D eigenvalue weighted by atomic mass is 10.00. The minimum atomic E-state index is 0.116. The van der Waals surface area contributed by atoms with E-state index < -0.39 is 0 Å². The van der Waals surface area contributed by atoms with Crippen molar-refractivity contribution >= 4 is 11.0 Å². The zero-order valence-electron chi connectivity index (χ0n) is 11.9. The lowest BCUT2D eigenvalue weighted by Gasteiger charge is -2.29. The van der Waals surface area contributed by atoms with E-state index in [2.05, 4.69) is 23.1 Å². The first-order chi connectivity index (χ1) is 9.79. The van der Waals surface area contributed by atoms with E-state index in [1.165, 1.54) is 6.42 Å². The van der Waals surface area contributed by atoms with Crippen LogP contribution in [-0.4, -0.2) is 28.3 Å². The predicted octanol–water partition coefficient (Wildman–Crippen LogP) is 1.52. The number of aryl methyl sites for hydroxylation is 1. The second kappa shape index (κ2) is 5.91. The monoisotopic (exact) mass is 274 g/mol. The summed E-state index contributed by atoms with van der Waals surface area (Å²) in [6.07, 6.45) is 4.41. The van der Waals surface area contributed by atoms with E-state index in [1.54, 1.807) is 0 Å². The number of nitrogens with zero attached hydrogens (tertiary/aromatic N) is 2. The van der Waals surface area contributed by atoms with Crippen molar-refractivity contribution in [3.05, 3.63) is 30.1 Å². The maximum absolute atomic E-state index is 5.84. The van der Waals surface area contributed by atoms with Gasteiger partial charge in [0.25, 0.3) is 0 Å². The highest BCUT2D eigenvalue weighted by Crippen LogP contribution is 2.20. The van der Waals surface area contributed by atoms with Gasteiger partial charge in [-0.1, -0.05) is 12.1 Å². The van der Waals surface area contributed by atoms with Crippen molar-refractivity contribution in [2.75, 3.05) is 6.61 Å². The summed E-state index contributed by atoms with van der Waals surface area (Å²) in [5, 5.41) is 0. The molecule has 2 unspecified atom stereocenters. The molecule has 1 aromatic carbocycles. The van der Waals surface area contributed by atoms with Crippen LogP contribution in [0, 0.1) is 0 Å². The topological polar surface area (TPSA) is 65.1 Å². The molecule has 5 nitrogen and oxygen atoms in total. The van der Waals surface area contributed by atoms with E-state index in [-0.39, 0.29) is 12.1 Å². The average Bonchev–Trinajstić information content (AvgIpc) is 2.82. The third-order valence-corrected chi connectivity index (χ3v) is 4.16. The molecule has 1 fully saturated rings. The fourth-order valence-electron chi connectivity index (χ4n) is 2.96. The molecule has 1 aromatic heterocycles. The molecule has 2 atom stereocenters. The highest BCUT2D eigenvalue weighted by atomic mass is 16.5. The molecule has 20 heavy (non-hydrogen) atoms. The number of imidazole rings is 1. The number of nitrogens with two attached hydrogens (primary N) is 1. The first kappa shape index (κ1) is 13.5. The Morgan fingerprint density at radius 2 is 2.30 bits per heavy atom. The quantitative estimate of drug-likeness (QED) is 0.655. The highest BCUT2D eigenvalue weighted by molar-refractivity contribution is 5.75. The number of hydrogen-bond acceptors (Lipinski definition) is 4. The summed E-state index contributed by atoms with van der Waals surface area (Å²) in [5.74, 6) is 6.77. The van der Waals surface area contributed by atoms with E-state index in [4.69, 9.17) is 15.6 Å². The fraction of sp³-hybridized carbons (Fsp3) is 0.533. The third kappa shape index (κ3) is 2.57. The molecule has 0 saturated carbocycles. The van der Waals surface area contributed by atoms with Crippen LogP contribution in [0.25, 0.3) is 11.0 Å². The van der Waals surface area contributed by atoms with E-state index in [9.17, 15) is 0 Å². The summed E-state index contributed by atoms with van der Waals surface area (Å²) in [5.41, 5.74) is 5.10. The zero-order valence-corrected chi connectivity index (χ0v) is 11.9. The Morgan fingerprint density at radius 3 is 3.00 bits per heavy atom. The zero-order chi connectivity index (χ0) is 13.9. The lowest BCUT2D eigenvalue weighted by Crippen LogP contribution is -2.48. The Labute approximate surface area is 119 Å². The number of para-hydroxylation sites is 2. The van der Waals surface area contributed by atoms with Gasteiger partial charge in [-0.15, -0.1) is 0 Å². The Hall–Kier alpha value is -1.43. The molecule has 3 N–H and O–H groups in total. The number of nitrogens with one attached hydrogen (secondary N) is 1. The second-order valence-corrected chi connectivity index (χ2v) is 5.46. The van der Waals surface area contributed by atoms with Crippen LogP contribution in [0.2, 0.25) is 0 Å². The molecule has 1 saturated heterocycles. The summed E-state index contributed by atoms with van der Waals surface area (Å²) in [4.78, 5) is 4.71. The van der Waals surface area contributed by atoms with Crippen LogP contribution in [0.4, 0.5) is 0 Å². The van der Waals surface area contributed by atoms with Crippen molar-refractivity contribution in [3.8, 4) is 0 Å². The highest BCUT2D eigenvalue weighted by Gasteiger charge is 2.25. The standard InChI is InChI=1S/C15H22N4O/c1-19-13-7-3-2-6-11(13)17-15(19)10-12(18-16)14-8-4-5-9-20-14/h2-3,6-7,12,14,18H,4-5,8-10,16H2,1H3. The van der Waals surface area contributed by atoms with Crippen molar-refractivity contribution < 1.29 is 4.74 Å². The van der Waals surface area contributed by atoms with Crippen molar-refractivity contribution in [2.24, 2.45) is 12.9 Å². The molecule has 0 spiro atoms. The molecule has 1 aliphatic heterocycles.